The molecule has 1 atom stereocenters. The number of benzene rings is 2. The van der Waals surface area contributed by atoms with Gasteiger partial charge >= 0.3 is 16.9 Å². The van der Waals surface area contributed by atoms with Gasteiger partial charge in [0.05, 0.1) is 10.0 Å². The third-order valence-electron chi connectivity index (χ3n) is 2.74. The summed E-state index contributed by atoms with van der Waals surface area (Å²) in [6, 6.07) is 7.98. The zero-order valence-corrected chi connectivity index (χ0v) is 14.9. The number of hydrogen-bond acceptors (Lipinski definition) is 6. The fraction of sp³-hybridized carbons (Fsp3) is 0. The maximum Gasteiger partial charge on any atom is 0.747 e. The lowest BCUT2D eigenvalue weighted by atomic mass is 10.0. The van der Waals surface area contributed by atoms with E-state index in [2.05, 4.69) is 4.52 Å². The van der Waals surface area contributed by atoms with Gasteiger partial charge in [-0.05, 0) is 36.4 Å². The molecule has 7 nitrogen and oxygen atoms in total. The van der Waals surface area contributed by atoms with Crippen LogP contribution >= 0.6 is 40.1 Å². The normalized spacial score (nSPS) is 11.3. The van der Waals surface area contributed by atoms with Crippen molar-refractivity contribution in [2.75, 3.05) is 0 Å². The van der Waals surface area contributed by atoms with Crippen LogP contribution in [0.4, 0.5) is 0 Å². The van der Waals surface area contributed by atoms with E-state index >= 15 is 0 Å². The van der Waals surface area contributed by atoms with E-state index in [1.54, 1.807) is 0 Å². The van der Waals surface area contributed by atoms with Crippen LogP contribution in [0.1, 0.15) is 15.9 Å². The van der Waals surface area contributed by atoms with E-state index in [1.807, 2.05) is 0 Å². The molecule has 126 valence electrons. The third-order valence-corrected chi connectivity index (χ3v) is 4.08. The molecule has 24 heavy (non-hydrogen) atoms. The van der Waals surface area contributed by atoms with E-state index in [0.29, 0.717) is 0 Å². The largest absolute Gasteiger partial charge is 0.747 e. The van der Waals surface area contributed by atoms with Gasteiger partial charge in [0.25, 0.3) is 0 Å². The summed E-state index contributed by atoms with van der Waals surface area (Å²) < 4.78 is 20.1. The molecular weight excluding hydrogens is 401 g/mol. The number of rotatable bonds is 6. The Kier molecular flexibility index (Phi) is 6.49. The van der Waals surface area contributed by atoms with E-state index in [1.165, 1.54) is 36.4 Å². The molecule has 0 radical (unpaired) electrons. The lowest BCUT2D eigenvalue weighted by molar-refractivity contribution is 0.103. The maximum absolute atomic E-state index is 12.5. The van der Waals surface area contributed by atoms with Gasteiger partial charge in [0.1, 0.15) is 5.75 Å². The highest BCUT2D eigenvalue weighted by Gasteiger charge is 2.20. The van der Waals surface area contributed by atoms with E-state index in [4.69, 9.17) is 42.4 Å². The molecule has 0 spiro atoms. The second-order valence-electron chi connectivity index (χ2n) is 4.29. The minimum absolute atomic E-state index is 0.0651. The van der Waals surface area contributed by atoms with Gasteiger partial charge in [-0.15, -0.1) is 4.89 Å². The van der Waals surface area contributed by atoms with Gasteiger partial charge < -0.3 is 14.3 Å². The fourth-order valence-electron chi connectivity index (χ4n) is 1.77. The first-order valence-corrected chi connectivity index (χ1v) is 9.17. The van der Waals surface area contributed by atoms with Gasteiger partial charge in [0, 0.05) is 15.7 Å². The monoisotopic (exact) mass is 409 g/mol. The smallest absolute Gasteiger partial charge is 0.425 e. The predicted octanol–water partition coefficient (Wildman–Crippen LogP) is 3.84. The van der Waals surface area contributed by atoms with Crippen LogP contribution in [0.5, 0.6) is 11.5 Å². The standard InChI is InChI=1S/C13H8Cl2O7P2/c14-9-3-1-7(5-11(9)21-23(17)18)13(16)8-2-4-10(15)12(6-8)22-24(19)20/h1-6,17-18H/p+1. The summed E-state index contributed by atoms with van der Waals surface area (Å²) in [7, 11) is -5.63. The highest BCUT2D eigenvalue weighted by Crippen LogP contribution is 2.36. The molecule has 1 unspecified atom stereocenters. The Hall–Kier alpha value is -1.30. The van der Waals surface area contributed by atoms with Gasteiger partial charge in [0.15, 0.2) is 5.78 Å². The summed E-state index contributed by atoms with van der Waals surface area (Å²) >= 11 is 11.7. The van der Waals surface area contributed by atoms with E-state index < -0.39 is 22.6 Å². The van der Waals surface area contributed by atoms with Gasteiger partial charge in [-0.2, -0.15) is 0 Å². The molecule has 0 aromatic heterocycles. The number of carbonyl (C=O) groups excluding carboxylic acids is 1. The lowest BCUT2D eigenvalue weighted by Gasteiger charge is -2.09. The van der Waals surface area contributed by atoms with Crippen LogP contribution in [0.3, 0.4) is 0 Å². The van der Waals surface area contributed by atoms with Crippen LogP contribution < -0.4 is 9.05 Å². The van der Waals surface area contributed by atoms with Crippen molar-refractivity contribution in [3.63, 3.8) is 0 Å². The van der Waals surface area contributed by atoms with Crippen LogP contribution in [-0.2, 0) is 4.57 Å². The SMILES string of the molecule is O=C(c1ccc(Cl)c(OP(O)O)c1)c1ccc(Cl)c(O[P+](=O)O)c1. The minimum Gasteiger partial charge on any atom is -0.425 e. The highest BCUT2D eigenvalue weighted by molar-refractivity contribution is 7.39. The minimum atomic E-state index is -2.93. The van der Waals surface area contributed by atoms with Crippen molar-refractivity contribution in [1.29, 1.82) is 0 Å². The summed E-state index contributed by atoms with van der Waals surface area (Å²) in [5, 5.41) is 0.162. The van der Waals surface area contributed by atoms with E-state index in [-0.39, 0.29) is 32.7 Å². The van der Waals surface area contributed by atoms with Gasteiger partial charge in [-0.25, -0.2) is 4.52 Å². The molecule has 0 saturated heterocycles. The van der Waals surface area contributed by atoms with Crippen molar-refractivity contribution < 1.29 is 33.1 Å². The first-order valence-electron chi connectivity index (χ1n) is 6.11. The first-order chi connectivity index (χ1) is 11.3. The molecule has 0 aliphatic rings. The zero-order valence-electron chi connectivity index (χ0n) is 11.6. The average molecular weight is 410 g/mol. The Morgan fingerprint density at radius 3 is 2.00 bits per heavy atom. The van der Waals surface area contributed by atoms with Crippen molar-refractivity contribution in [1.82, 2.24) is 0 Å². The molecule has 2 aromatic rings. The Morgan fingerprint density at radius 2 is 1.50 bits per heavy atom. The topological polar surface area (TPSA) is 113 Å². The number of ketones is 1. The molecule has 0 aliphatic carbocycles. The average Bonchev–Trinajstić information content (AvgIpc) is 2.50. The predicted molar refractivity (Wildman–Crippen MR) is 88.8 cm³/mol. The first kappa shape index (κ1) is 19.0. The Bertz CT molecular complexity index is 798. The van der Waals surface area contributed by atoms with Gasteiger partial charge in [0.2, 0.25) is 5.75 Å². The molecule has 11 heteroatoms. The number of hydrogen-bond donors (Lipinski definition) is 3. The Balaban J connectivity index is 2.36. The molecule has 2 rings (SSSR count). The summed E-state index contributed by atoms with van der Waals surface area (Å²) in [6.07, 6.45) is 0. The fourth-order valence-corrected chi connectivity index (χ4v) is 2.83. The Labute approximate surface area is 148 Å². The summed E-state index contributed by atoms with van der Waals surface area (Å²) in [4.78, 5) is 39.1. The van der Waals surface area contributed by atoms with Crippen LogP contribution in [0, 0.1) is 0 Å². The molecule has 2 aromatic carbocycles. The van der Waals surface area contributed by atoms with Crippen LogP contribution in [0.2, 0.25) is 10.0 Å². The second-order valence-corrected chi connectivity index (χ2v) is 6.45. The van der Waals surface area contributed by atoms with E-state index in [9.17, 15) is 9.36 Å². The lowest BCUT2D eigenvalue weighted by Crippen LogP contribution is -2.02. The molecule has 0 bridgehead atoms. The molecule has 0 heterocycles. The van der Waals surface area contributed by atoms with Gasteiger partial charge in [-0.3, -0.25) is 4.79 Å². The molecule has 0 aliphatic heterocycles. The number of halogens is 2. The summed E-state index contributed by atoms with van der Waals surface area (Å²) in [5.41, 5.74) is 0.280. The van der Waals surface area contributed by atoms with E-state index in [0.717, 1.165) is 0 Å². The van der Waals surface area contributed by atoms with Crippen molar-refractivity contribution in [2.24, 2.45) is 0 Å². The summed E-state index contributed by atoms with van der Waals surface area (Å²) in [6.45, 7) is 0. The van der Waals surface area contributed by atoms with Crippen molar-refractivity contribution in [2.45, 2.75) is 0 Å². The van der Waals surface area contributed by atoms with Crippen LogP contribution in [0.15, 0.2) is 36.4 Å². The van der Waals surface area contributed by atoms with Crippen molar-refractivity contribution in [3.05, 3.63) is 57.6 Å². The third kappa shape index (κ3) is 4.85. The Morgan fingerprint density at radius 1 is 1.00 bits per heavy atom. The van der Waals surface area contributed by atoms with Crippen molar-refractivity contribution >= 4 is 45.8 Å². The van der Waals surface area contributed by atoms with Crippen LogP contribution in [0.25, 0.3) is 0 Å². The summed E-state index contributed by atoms with van der Waals surface area (Å²) in [5.74, 6) is -0.667. The zero-order chi connectivity index (χ0) is 17.9. The number of carbonyl (C=O) groups is 1. The van der Waals surface area contributed by atoms with Crippen molar-refractivity contribution in [3.8, 4) is 11.5 Å². The van der Waals surface area contributed by atoms with Crippen LogP contribution in [-0.4, -0.2) is 20.5 Å². The second kappa shape index (κ2) is 8.19. The molecule has 0 fully saturated rings. The highest BCUT2D eigenvalue weighted by atomic mass is 35.5. The quantitative estimate of drug-likeness (QED) is 0.490. The molecule has 3 N–H and O–H groups in total. The molecular formula is C13H9Cl2O7P2+. The molecule has 0 saturated carbocycles. The van der Waals surface area contributed by atoms with Gasteiger partial charge in [-0.1, -0.05) is 23.2 Å². The maximum atomic E-state index is 12.5. The molecule has 0 amide bonds.